The average molecular weight is 820 g/mol. The maximum atomic E-state index is 14.7. The van der Waals surface area contributed by atoms with E-state index >= 15 is 0 Å². The highest BCUT2D eigenvalue weighted by molar-refractivity contribution is 7.91. The molecule has 5 aromatic rings. The summed E-state index contributed by atoms with van der Waals surface area (Å²) in [6, 6.07) is 32.3. The van der Waals surface area contributed by atoms with Crippen LogP contribution in [0.25, 0.3) is 11.1 Å². The van der Waals surface area contributed by atoms with E-state index in [1.807, 2.05) is 72.8 Å². The lowest BCUT2D eigenvalue weighted by molar-refractivity contribution is -0.0732. The first kappa shape index (κ1) is 41.6. The van der Waals surface area contributed by atoms with Crippen molar-refractivity contribution in [2.24, 2.45) is 5.41 Å². The van der Waals surface area contributed by atoms with Crippen LogP contribution in [0, 0.1) is 5.41 Å². The summed E-state index contributed by atoms with van der Waals surface area (Å²) in [7, 11) is -0.959. The molecule has 4 atom stereocenters. The van der Waals surface area contributed by atoms with E-state index in [-0.39, 0.29) is 29.0 Å². The zero-order chi connectivity index (χ0) is 41.1. The van der Waals surface area contributed by atoms with Gasteiger partial charge in [-0.15, -0.1) is 11.3 Å². The van der Waals surface area contributed by atoms with Gasteiger partial charge in [0.1, 0.15) is 15.7 Å². The minimum absolute atomic E-state index is 0.0325. The maximum Gasteiger partial charge on any atom is 0.252 e. The van der Waals surface area contributed by atoms with Crippen LogP contribution in [0.15, 0.2) is 124 Å². The number of fused-ring (bicyclic) bond motifs is 8. The van der Waals surface area contributed by atoms with Crippen LogP contribution in [-0.4, -0.2) is 61.2 Å². The maximum absolute atomic E-state index is 14.7. The van der Waals surface area contributed by atoms with Crippen LogP contribution >= 0.6 is 11.3 Å². The van der Waals surface area contributed by atoms with Gasteiger partial charge in [0.05, 0.1) is 25.9 Å². The number of sulfonamides is 1. The topological polar surface area (TPSA) is 113 Å². The molecule has 1 saturated carbocycles. The van der Waals surface area contributed by atoms with E-state index in [0.717, 1.165) is 45.6 Å². The molecule has 1 fully saturated rings. The number of aliphatic hydroxyl groups is 2. The summed E-state index contributed by atoms with van der Waals surface area (Å²) in [6.45, 7) is 3.95. The third-order valence-electron chi connectivity index (χ3n) is 12.5. The number of benzene rings is 4. The molecule has 1 heterocycles. The van der Waals surface area contributed by atoms with E-state index in [2.05, 4.69) is 19.9 Å². The van der Waals surface area contributed by atoms with Gasteiger partial charge in [-0.2, -0.15) is 4.31 Å². The van der Waals surface area contributed by atoms with Gasteiger partial charge < -0.3 is 19.7 Å². The predicted molar refractivity (Wildman–Crippen MR) is 230 cm³/mol. The number of ketones is 1. The fourth-order valence-corrected chi connectivity index (χ4v) is 11.6. The van der Waals surface area contributed by atoms with Crippen molar-refractivity contribution >= 4 is 27.1 Å². The van der Waals surface area contributed by atoms with Gasteiger partial charge in [-0.05, 0) is 104 Å². The lowest BCUT2D eigenvalue weighted by Gasteiger charge is -2.46. The second kappa shape index (κ2) is 17.3. The van der Waals surface area contributed by atoms with Gasteiger partial charge in [0.2, 0.25) is 0 Å². The summed E-state index contributed by atoms with van der Waals surface area (Å²) >= 11 is 1.14. The molecule has 2 bridgehead atoms. The van der Waals surface area contributed by atoms with Crippen LogP contribution in [0.5, 0.6) is 11.5 Å². The number of hydrogen-bond acceptors (Lipinski definition) is 8. The van der Waals surface area contributed by atoms with Crippen LogP contribution in [0.4, 0.5) is 0 Å². The summed E-state index contributed by atoms with van der Waals surface area (Å²) in [4.78, 5) is 14.7. The second-order valence-electron chi connectivity index (χ2n) is 16.1. The van der Waals surface area contributed by atoms with E-state index in [1.165, 1.54) is 4.31 Å². The molecule has 0 aliphatic heterocycles. The molecule has 58 heavy (non-hydrogen) atoms. The number of allylic oxidation sites excluding steroid dienone is 2. The molecule has 8 nitrogen and oxygen atoms in total. The summed E-state index contributed by atoms with van der Waals surface area (Å²) < 4.78 is 41.8. The number of thiophene rings is 1. The number of hydrogen-bond donors (Lipinski definition) is 2. The highest BCUT2D eigenvalue weighted by Gasteiger charge is 2.58. The van der Waals surface area contributed by atoms with Crippen LogP contribution in [0.3, 0.4) is 0 Å². The quantitative estimate of drug-likeness (QED) is 0.101. The minimum Gasteiger partial charge on any atom is -0.497 e. The molecule has 304 valence electrons. The van der Waals surface area contributed by atoms with Crippen molar-refractivity contribution in [3.05, 3.63) is 148 Å². The molecule has 10 heteroatoms. The van der Waals surface area contributed by atoms with Gasteiger partial charge in [0, 0.05) is 41.3 Å². The third-order valence-corrected chi connectivity index (χ3v) is 15.7. The lowest BCUT2D eigenvalue weighted by Crippen LogP contribution is -2.53. The molecule has 1 aromatic heterocycles. The van der Waals surface area contributed by atoms with E-state index in [4.69, 9.17) is 9.47 Å². The monoisotopic (exact) mass is 819 g/mol. The molecular weight excluding hydrogens is 767 g/mol. The summed E-state index contributed by atoms with van der Waals surface area (Å²) in [5.74, 6) is 0.661. The number of nitrogens with zero attached hydrogens (tertiary/aromatic N) is 1. The molecular formula is C48H53NO7S2. The smallest absolute Gasteiger partial charge is 0.252 e. The SMILES string of the molecule is COc1ccc(CN(CC2(O)CCC3c4ccc(cc4C(=O)c4ccc(-c5ccccc5)cc4)CC(O)CCC(C)=CCCC32C)S(=O)(=O)c2cccs2)c(OC)c1. The normalized spacial score (nSPS) is 22.6. The average Bonchev–Trinajstić information content (AvgIpc) is 3.87. The van der Waals surface area contributed by atoms with Gasteiger partial charge in [-0.1, -0.05) is 97.4 Å². The van der Waals surface area contributed by atoms with E-state index in [0.29, 0.717) is 66.7 Å². The van der Waals surface area contributed by atoms with Crippen molar-refractivity contribution in [2.45, 2.75) is 87.2 Å². The summed E-state index contributed by atoms with van der Waals surface area (Å²) in [6.07, 6.45) is 5.41. The molecule has 3 aliphatic rings. The molecule has 3 aliphatic carbocycles. The first-order chi connectivity index (χ1) is 27.8. The van der Waals surface area contributed by atoms with Gasteiger partial charge in [0.15, 0.2) is 5.78 Å². The summed E-state index contributed by atoms with van der Waals surface area (Å²) in [5.41, 5.74) is 4.34. The molecule has 0 amide bonds. The fraction of sp³-hybridized carbons (Fsp3) is 0.354. The summed E-state index contributed by atoms with van der Waals surface area (Å²) in [5, 5.41) is 26.0. The number of aliphatic hydroxyl groups excluding tert-OH is 1. The standard InChI is InChI=1S/C48H53NO7S2/c1-33-10-8-25-47(2)43(24-26-48(47,52)32-49(58(53,54)45-13-9-27-57-45)31-38-20-22-40(55-3)30-44(38)56-4)41-23-15-34(28-39(50)21-14-33)29-42(41)46(51)37-18-16-36(17-19-37)35-11-6-5-7-12-35/h5-7,9-13,15-20,22-23,27,29-30,39,43,50,52H,8,14,21,24-26,28,31-32H2,1-4H3. The van der Waals surface area contributed by atoms with Crippen LogP contribution in [0.2, 0.25) is 0 Å². The minimum atomic E-state index is -4.07. The van der Waals surface area contributed by atoms with Crippen molar-refractivity contribution in [3.8, 4) is 22.6 Å². The first-order valence-corrected chi connectivity index (χ1v) is 22.3. The van der Waals surface area contributed by atoms with Crippen molar-refractivity contribution < 1.29 is 32.9 Å². The largest absolute Gasteiger partial charge is 0.497 e. The Morgan fingerprint density at radius 1 is 0.897 bits per heavy atom. The zero-order valence-electron chi connectivity index (χ0n) is 33.7. The van der Waals surface area contributed by atoms with Gasteiger partial charge >= 0.3 is 0 Å². The van der Waals surface area contributed by atoms with Crippen molar-refractivity contribution in [2.75, 3.05) is 20.8 Å². The predicted octanol–water partition coefficient (Wildman–Crippen LogP) is 9.59. The van der Waals surface area contributed by atoms with Crippen molar-refractivity contribution in [3.63, 3.8) is 0 Å². The molecule has 4 unspecified atom stereocenters. The Bertz CT molecular complexity index is 2360. The first-order valence-electron chi connectivity index (χ1n) is 20.0. The highest BCUT2D eigenvalue weighted by atomic mass is 32.2. The third kappa shape index (κ3) is 8.44. The van der Waals surface area contributed by atoms with Crippen LogP contribution < -0.4 is 9.47 Å². The Balaban J connectivity index is 1.31. The zero-order valence-corrected chi connectivity index (χ0v) is 35.3. The van der Waals surface area contributed by atoms with Crippen molar-refractivity contribution in [1.82, 2.24) is 4.31 Å². The molecule has 2 N–H and O–H groups in total. The van der Waals surface area contributed by atoms with E-state index in [9.17, 15) is 23.4 Å². The number of carbonyl (C=O) groups excluding carboxylic acids is 1. The fourth-order valence-electron chi connectivity index (χ4n) is 9.02. The van der Waals surface area contributed by atoms with Crippen LogP contribution in [-0.2, 0) is 23.0 Å². The van der Waals surface area contributed by atoms with Gasteiger partial charge in [-0.3, -0.25) is 4.79 Å². The van der Waals surface area contributed by atoms with Crippen molar-refractivity contribution in [1.29, 1.82) is 0 Å². The second-order valence-corrected chi connectivity index (χ2v) is 19.2. The van der Waals surface area contributed by atoms with E-state index < -0.39 is 27.1 Å². The van der Waals surface area contributed by atoms with E-state index in [1.54, 1.807) is 49.9 Å². The Labute approximate surface area is 346 Å². The van der Waals surface area contributed by atoms with Gasteiger partial charge in [0.25, 0.3) is 10.0 Å². The molecule has 8 rings (SSSR count). The Morgan fingerprint density at radius 2 is 1.66 bits per heavy atom. The Kier molecular flexibility index (Phi) is 12.4. The number of ether oxygens (including phenoxy) is 2. The number of carbonyl (C=O) groups is 1. The Morgan fingerprint density at radius 3 is 2.36 bits per heavy atom. The van der Waals surface area contributed by atoms with Gasteiger partial charge in [-0.25, -0.2) is 8.42 Å². The molecule has 0 spiro atoms. The van der Waals surface area contributed by atoms with Crippen LogP contribution in [0.1, 0.15) is 90.9 Å². The molecule has 0 radical (unpaired) electrons. The number of methoxy groups -OCH3 is 2. The molecule has 4 aromatic carbocycles. The molecule has 0 saturated heterocycles. The lowest BCUT2D eigenvalue weighted by atomic mass is 9.64. The number of rotatable bonds is 11. The highest BCUT2D eigenvalue weighted by Crippen LogP contribution is 2.59. The Hall–Kier alpha value is -4.58.